The van der Waals surface area contributed by atoms with Gasteiger partial charge in [0, 0.05) is 12.2 Å². The Morgan fingerprint density at radius 2 is 1.93 bits per heavy atom. The summed E-state index contributed by atoms with van der Waals surface area (Å²) in [4.78, 5) is 14.8. The molecule has 0 aliphatic heterocycles. The molecule has 3 rings (SSSR count). The Morgan fingerprint density at radius 1 is 1.17 bits per heavy atom. The van der Waals surface area contributed by atoms with Gasteiger partial charge in [0.1, 0.15) is 11.6 Å². The third-order valence-corrected chi connectivity index (χ3v) is 4.32. The van der Waals surface area contributed by atoms with Gasteiger partial charge in [0.15, 0.2) is 5.82 Å². The fraction of sp³-hybridized carbons (Fsp3) is 0.143. The number of nitrogens with zero attached hydrogens (tertiary/aromatic N) is 1. The predicted octanol–water partition coefficient (Wildman–Crippen LogP) is 4.82. The number of ether oxygens (including phenoxy) is 1. The van der Waals surface area contributed by atoms with Crippen molar-refractivity contribution in [1.29, 1.82) is 0 Å². The summed E-state index contributed by atoms with van der Waals surface area (Å²) in [6.45, 7) is 0. The van der Waals surface area contributed by atoms with Crippen LogP contribution in [0.5, 0.6) is 11.6 Å². The minimum Gasteiger partial charge on any atom is -0.481 e. The fourth-order valence-electron chi connectivity index (χ4n) is 2.85. The average Bonchev–Trinajstić information content (AvgIpc) is 2.64. The molecule has 0 aliphatic carbocycles. The topological polar surface area (TPSA) is 85.4 Å². The molecule has 5 nitrogen and oxygen atoms in total. The van der Waals surface area contributed by atoms with E-state index in [1.54, 1.807) is 30.3 Å². The van der Waals surface area contributed by atoms with Crippen LogP contribution in [-0.4, -0.2) is 22.1 Å². The van der Waals surface area contributed by atoms with Gasteiger partial charge in [0.25, 0.3) is 5.88 Å². The summed E-state index contributed by atoms with van der Waals surface area (Å²) in [5, 5.41) is 9.09. The molecule has 0 saturated carbocycles. The summed E-state index contributed by atoms with van der Waals surface area (Å²) in [5.41, 5.74) is 7.77. The molecule has 0 radical (unpaired) electrons. The van der Waals surface area contributed by atoms with E-state index < -0.39 is 17.8 Å². The van der Waals surface area contributed by atoms with Gasteiger partial charge >= 0.3 is 5.97 Å². The SMILES string of the molecule is N[C@H](CC(=O)O)Cc1cc(-c2cccc(F)c2)ccc1Oc1ncc(Cl)cc1F. The normalized spacial score (nSPS) is 11.9. The van der Waals surface area contributed by atoms with Crippen molar-refractivity contribution in [1.82, 2.24) is 4.98 Å². The van der Waals surface area contributed by atoms with Crippen molar-refractivity contribution in [2.45, 2.75) is 18.9 Å². The van der Waals surface area contributed by atoms with Gasteiger partial charge in [-0.05, 0) is 53.4 Å². The van der Waals surface area contributed by atoms with Crippen molar-refractivity contribution in [3.05, 3.63) is 76.9 Å². The molecule has 1 heterocycles. The second-order valence-electron chi connectivity index (χ2n) is 6.44. The first-order valence-corrected chi connectivity index (χ1v) is 9.05. The number of aliphatic carboxylic acids is 1. The van der Waals surface area contributed by atoms with Crippen molar-refractivity contribution in [3.8, 4) is 22.8 Å². The Hall–Kier alpha value is -3.03. The lowest BCUT2D eigenvalue weighted by atomic mass is 9.97. The second kappa shape index (κ2) is 8.98. The molecular weight excluding hydrogens is 402 g/mol. The molecule has 150 valence electrons. The van der Waals surface area contributed by atoms with Crippen LogP contribution in [0.2, 0.25) is 5.02 Å². The lowest BCUT2D eigenvalue weighted by Gasteiger charge is -2.16. The van der Waals surface area contributed by atoms with E-state index in [4.69, 9.17) is 27.2 Å². The van der Waals surface area contributed by atoms with Crippen molar-refractivity contribution in [2.24, 2.45) is 5.73 Å². The molecule has 0 amide bonds. The number of hydrogen-bond donors (Lipinski definition) is 2. The number of halogens is 3. The number of aromatic nitrogens is 1. The number of hydrogen-bond acceptors (Lipinski definition) is 4. The lowest BCUT2D eigenvalue weighted by molar-refractivity contribution is -0.137. The van der Waals surface area contributed by atoms with Gasteiger partial charge < -0.3 is 15.6 Å². The molecular formula is C21H17ClF2N2O3. The number of nitrogens with two attached hydrogens (primary N) is 1. The van der Waals surface area contributed by atoms with Crippen LogP contribution in [0.4, 0.5) is 8.78 Å². The zero-order chi connectivity index (χ0) is 21.0. The smallest absolute Gasteiger partial charge is 0.304 e. The van der Waals surface area contributed by atoms with E-state index in [-0.39, 0.29) is 35.3 Å². The second-order valence-corrected chi connectivity index (χ2v) is 6.87. The highest BCUT2D eigenvalue weighted by atomic mass is 35.5. The van der Waals surface area contributed by atoms with Gasteiger partial charge in [-0.1, -0.05) is 29.8 Å². The van der Waals surface area contributed by atoms with E-state index in [1.165, 1.54) is 18.3 Å². The van der Waals surface area contributed by atoms with Crippen molar-refractivity contribution < 1.29 is 23.4 Å². The molecule has 0 fully saturated rings. The van der Waals surface area contributed by atoms with Crippen LogP contribution in [0.3, 0.4) is 0 Å². The quantitative estimate of drug-likeness (QED) is 0.574. The molecule has 0 unspecified atom stereocenters. The highest BCUT2D eigenvalue weighted by Crippen LogP contribution is 2.32. The van der Waals surface area contributed by atoms with Crippen molar-refractivity contribution in [2.75, 3.05) is 0 Å². The van der Waals surface area contributed by atoms with Gasteiger partial charge in [-0.25, -0.2) is 13.8 Å². The van der Waals surface area contributed by atoms with E-state index in [0.717, 1.165) is 6.07 Å². The maximum atomic E-state index is 14.1. The Balaban J connectivity index is 1.98. The Morgan fingerprint density at radius 3 is 2.62 bits per heavy atom. The van der Waals surface area contributed by atoms with Gasteiger partial charge in [-0.2, -0.15) is 0 Å². The van der Waals surface area contributed by atoms with Crippen LogP contribution in [0.25, 0.3) is 11.1 Å². The zero-order valence-corrected chi connectivity index (χ0v) is 15.9. The largest absolute Gasteiger partial charge is 0.481 e. The minimum atomic E-state index is -1.04. The Kier molecular flexibility index (Phi) is 6.41. The first-order chi connectivity index (χ1) is 13.8. The van der Waals surface area contributed by atoms with E-state index in [1.807, 2.05) is 0 Å². The number of pyridine rings is 1. The predicted molar refractivity (Wildman–Crippen MR) is 105 cm³/mol. The highest BCUT2D eigenvalue weighted by Gasteiger charge is 2.16. The fourth-order valence-corrected chi connectivity index (χ4v) is 2.99. The first kappa shape index (κ1) is 20.7. The molecule has 0 saturated heterocycles. The molecule has 3 aromatic rings. The van der Waals surface area contributed by atoms with Crippen LogP contribution >= 0.6 is 11.6 Å². The summed E-state index contributed by atoms with van der Waals surface area (Å²) in [6, 6.07) is 11.4. The average molecular weight is 419 g/mol. The van der Waals surface area contributed by atoms with Crippen molar-refractivity contribution >= 4 is 17.6 Å². The van der Waals surface area contributed by atoms with Crippen molar-refractivity contribution in [3.63, 3.8) is 0 Å². The van der Waals surface area contributed by atoms with E-state index in [0.29, 0.717) is 16.7 Å². The van der Waals surface area contributed by atoms with Gasteiger partial charge in [-0.3, -0.25) is 4.79 Å². The molecule has 29 heavy (non-hydrogen) atoms. The number of carboxylic acids is 1. The number of benzene rings is 2. The summed E-state index contributed by atoms with van der Waals surface area (Å²) in [5.74, 6) is -2.18. The van der Waals surface area contributed by atoms with Crippen LogP contribution in [0, 0.1) is 11.6 Å². The number of rotatable bonds is 7. The third kappa shape index (κ3) is 5.49. The van der Waals surface area contributed by atoms with Gasteiger partial charge in [-0.15, -0.1) is 0 Å². The lowest BCUT2D eigenvalue weighted by Crippen LogP contribution is -2.26. The third-order valence-electron chi connectivity index (χ3n) is 4.12. The van der Waals surface area contributed by atoms with Crippen LogP contribution < -0.4 is 10.5 Å². The molecule has 3 N–H and O–H groups in total. The summed E-state index contributed by atoms with van der Waals surface area (Å²) >= 11 is 5.71. The highest BCUT2D eigenvalue weighted by molar-refractivity contribution is 6.30. The Bertz CT molecular complexity index is 1050. The zero-order valence-electron chi connectivity index (χ0n) is 15.1. The molecule has 2 aromatic carbocycles. The summed E-state index contributed by atoms with van der Waals surface area (Å²) < 4.78 is 33.2. The molecule has 0 spiro atoms. The minimum absolute atomic E-state index is 0.125. The van der Waals surface area contributed by atoms with Crippen LogP contribution in [-0.2, 0) is 11.2 Å². The maximum Gasteiger partial charge on any atom is 0.304 e. The van der Waals surface area contributed by atoms with E-state index in [2.05, 4.69) is 4.98 Å². The molecule has 0 aliphatic rings. The number of carbonyl (C=O) groups is 1. The van der Waals surface area contributed by atoms with Crippen LogP contribution in [0.15, 0.2) is 54.7 Å². The monoisotopic (exact) mass is 418 g/mol. The Labute approximate surface area is 170 Å². The summed E-state index contributed by atoms with van der Waals surface area (Å²) in [7, 11) is 0. The number of carboxylic acid groups (broad SMARTS) is 1. The standard InChI is InChI=1S/C21H17ClF2N2O3/c22-15-9-18(24)21(26-11-15)29-19-5-4-13(12-2-1-3-16(23)7-12)6-14(19)8-17(25)10-20(27)28/h1-7,9,11,17H,8,10,25H2,(H,27,28)/t17-/m0/s1. The van der Waals surface area contributed by atoms with E-state index >= 15 is 0 Å². The van der Waals surface area contributed by atoms with Gasteiger partial charge in [0.2, 0.25) is 0 Å². The molecule has 1 aromatic heterocycles. The molecule has 1 atom stereocenters. The van der Waals surface area contributed by atoms with E-state index in [9.17, 15) is 13.6 Å². The van der Waals surface area contributed by atoms with Crippen LogP contribution in [0.1, 0.15) is 12.0 Å². The first-order valence-electron chi connectivity index (χ1n) is 8.67. The molecule has 0 bridgehead atoms. The maximum absolute atomic E-state index is 14.1. The van der Waals surface area contributed by atoms with Gasteiger partial charge in [0.05, 0.1) is 11.4 Å². The molecule has 8 heteroatoms. The summed E-state index contributed by atoms with van der Waals surface area (Å²) in [6.07, 6.45) is 1.15.